The molecule has 0 saturated carbocycles. The summed E-state index contributed by atoms with van der Waals surface area (Å²) in [5.41, 5.74) is 6.69. The first-order chi connectivity index (χ1) is 5.63. The molecule has 1 aromatic heterocycles. The Kier molecular flexibility index (Phi) is 2.89. The van der Waals surface area contributed by atoms with Crippen molar-refractivity contribution in [2.24, 2.45) is 5.73 Å². The zero-order chi connectivity index (χ0) is 9.14. The predicted molar refractivity (Wildman–Crippen MR) is 46.9 cm³/mol. The minimum Gasteiger partial charge on any atom is -0.466 e. The minimum atomic E-state index is -0.213. The number of hydrogen-bond donors (Lipinski definition) is 2. The van der Waals surface area contributed by atoms with E-state index in [0.29, 0.717) is 6.42 Å². The fraction of sp³-hybridized carbons (Fsp3) is 0.556. The molecule has 0 aliphatic rings. The summed E-state index contributed by atoms with van der Waals surface area (Å²) in [4.78, 5) is 0. The summed E-state index contributed by atoms with van der Waals surface area (Å²) in [5.74, 6) is 1.78. The molecule has 3 heteroatoms. The molecule has 0 aromatic carbocycles. The van der Waals surface area contributed by atoms with Crippen molar-refractivity contribution in [1.82, 2.24) is 0 Å². The third-order valence-corrected chi connectivity index (χ3v) is 1.91. The first kappa shape index (κ1) is 9.29. The molecule has 1 rings (SSSR count). The Labute approximate surface area is 72.2 Å². The van der Waals surface area contributed by atoms with E-state index < -0.39 is 0 Å². The van der Waals surface area contributed by atoms with E-state index in [1.54, 1.807) is 0 Å². The van der Waals surface area contributed by atoms with Crippen LogP contribution in [0.4, 0.5) is 0 Å². The highest BCUT2D eigenvalue weighted by molar-refractivity contribution is 5.19. The van der Waals surface area contributed by atoms with Crippen molar-refractivity contribution in [3.63, 3.8) is 0 Å². The van der Waals surface area contributed by atoms with E-state index in [0.717, 1.165) is 17.1 Å². The first-order valence-corrected chi connectivity index (χ1v) is 4.06. The largest absolute Gasteiger partial charge is 0.466 e. The van der Waals surface area contributed by atoms with Gasteiger partial charge in [-0.15, -0.1) is 0 Å². The van der Waals surface area contributed by atoms with Crippen LogP contribution in [0.5, 0.6) is 0 Å². The fourth-order valence-corrected chi connectivity index (χ4v) is 1.07. The smallest absolute Gasteiger partial charge is 0.106 e. The van der Waals surface area contributed by atoms with E-state index in [9.17, 15) is 0 Å². The highest BCUT2D eigenvalue weighted by Crippen LogP contribution is 2.13. The molecule has 3 N–H and O–H groups in total. The van der Waals surface area contributed by atoms with E-state index >= 15 is 0 Å². The predicted octanol–water partition coefficient (Wildman–Crippen LogP) is 0.759. The number of hydrogen-bond acceptors (Lipinski definition) is 3. The molecule has 1 atom stereocenters. The number of aliphatic hydroxyl groups excluding tert-OH is 1. The zero-order valence-corrected chi connectivity index (χ0v) is 7.50. The average molecular weight is 169 g/mol. The van der Waals surface area contributed by atoms with E-state index in [1.807, 2.05) is 19.9 Å². The molecule has 1 aromatic rings. The SMILES string of the molecule is Cc1cc(CC(N)CO)oc1C. The second-order valence-corrected chi connectivity index (χ2v) is 3.10. The number of aliphatic hydroxyl groups is 1. The Morgan fingerprint density at radius 1 is 1.58 bits per heavy atom. The maximum Gasteiger partial charge on any atom is 0.106 e. The van der Waals surface area contributed by atoms with Crippen LogP contribution in [-0.4, -0.2) is 17.8 Å². The van der Waals surface area contributed by atoms with E-state index in [4.69, 9.17) is 15.3 Å². The van der Waals surface area contributed by atoms with Gasteiger partial charge in [0.25, 0.3) is 0 Å². The van der Waals surface area contributed by atoms with Crippen LogP contribution in [0.15, 0.2) is 10.5 Å². The lowest BCUT2D eigenvalue weighted by atomic mass is 10.2. The van der Waals surface area contributed by atoms with Crippen LogP contribution in [-0.2, 0) is 6.42 Å². The topological polar surface area (TPSA) is 59.4 Å². The van der Waals surface area contributed by atoms with Crippen LogP contribution < -0.4 is 5.73 Å². The second kappa shape index (κ2) is 3.74. The van der Waals surface area contributed by atoms with Gasteiger partial charge in [0.15, 0.2) is 0 Å². The maximum atomic E-state index is 8.71. The second-order valence-electron chi connectivity index (χ2n) is 3.10. The Morgan fingerprint density at radius 2 is 2.25 bits per heavy atom. The number of nitrogens with two attached hydrogens (primary N) is 1. The van der Waals surface area contributed by atoms with Crippen molar-refractivity contribution in [2.75, 3.05) is 6.61 Å². The van der Waals surface area contributed by atoms with E-state index in [-0.39, 0.29) is 12.6 Å². The fourth-order valence-electron chi connectivity index (χ4n) is 1.07. The first-order valence-electron chi connectivity index (χ1n) is 4.06. The Bertz CT molecular complexity index is 236. The molecule has 12 heavy (non-hydrogen) atoms. The van der Waals surface area contributed by atoms with Gasteiger partial charge in [-0.05, 0) is 25.5 Å². The Hall–Kier alpha value is -0.800. The number of aryl methyl sites for hydroxylation is 2. The van der Waals surface area contributed by atoms with Gasteiger partial charge in [-0.1, -0.05) is 0 Å². The molecule has 0 bridgehead atoms. The molecule has 1 unspecified atom stereocenters. The Balaban J connectivity index is 2.64. The summed E-state index contributed by atoms with van der Waals surface area (Å²) in [6, 6.07) is 1.75. The van der Waals surface area contributed by atoms with Crippen molar-refractivity contribution >= 4 is 0 Å². The lowest BCUT2D eigenvalue weighted by Gasteiger charge is -2.03. The summed E-state index contributed by atoms with van der Waals surface area (Å²) < 4.78 is 5.40. The van der Waals surface area contributed by atoms with Crippen molar-refractivity contribution in [1.29, 1.82) is 0 Å². The molecular weight excluding hydrogens is 154 g/mol. The summed E-state index contributed by atoms with van der Waals surface area (Å²) in [6.07, 6.45) is 0.602. The van der Waals surface area contributed by atoms with Gasteiger partial charge in [-0.3, -0.25) is 0 Å². The average Bonchev–Trinajstić information content (AvgIpc) is 2.31. The quantitative estimate of drug-likeness (QED) is 0.702. The van der Waals surface area contributed by atoms with Gasteiger partial charge in [0.2, 0.25) is 0 Å². The molecule has 0 aliphatic heterocycles. The minimum absolute atomic E-state index is 0.00120. The summed E-state index contributed by atoms with van der Waals surface area (Å²) in [5, 5.41) is 8.71. The molecule has 1 heterocycles. The van der Waals surface area contributed by atoms with Crippen molar-refractivity contribution in [3.8, 4) is 0 Å². The van der Waals surface area contributed by atoms with Gasteiger partial charge in [0, 0.05) is 12.5 Å². The lowest BCUT2D eigenvalue weighted by Crippen LogP contribution is -2.26. The van der Waals surface area contributed by atoms with Crippen LogP contribution in [0.1, 0.15) is 17.1 Å². The van der Waals surface area contributed by atoms with Crippen LogP contribution in [0.3, 0.4) is 0 Å². The molecule has 0 radical (unpaired) electrons. The van der Waals surface area contributed by atoms with Crippen molar-refractivity contribution < 1.29 is 9.52 Å². The molecule has 0 saturated heterocycles. The molecular formula is C9H15NO2. The summed E-state index contributed by atoms with van der Waals surface area (Å²) in [6.45, 7) is 3.91. The van der Waals surface area contributed by atoms with Gasteiger partial charge in [0.05, 0.1) is 6.61 Å². The zero-order valence-electron chi connectivity index (χ0n) is 7.50. The van der Waals surface area contributed by atoms with Crippen molar-refractivity contribution in [3.05, 3.63) is 23.2 Å². The number of rotatable bonds is 3. The van der Waals surface area contributed by atoms with E-state index in [2.05, 4.69) is 0 Å². The third-order valence-electron chi connectivity index (χ3n) is 1.91. The monoisotopic (exact) mass is 169 g/mol. The molecule has 3 nitrogen and oxygen atoms in total. The van der Waals surface area contributed by atoms with Crippen LogP contribution in [0, 0.1) is 13.8 Å². The maximum absolute atomic E-state index is 8.71. The van der Waals surface area contributed by atoms with Gasteiger partial charge < -0.3 is 15.3 Å². The number of furan rings is 1. The normalized spacial score (nSPS) is 13.3. The molecule has 0 aliphatic carbocycles. The van der Waals surface area contributed by atoms with Gasteiger partial charge in [0.1, 0.15) is 11.5 Å². The Morgan fingerprint density at radius 3 is 2.67 bits per heavy atom. The van der Waals surface area contributed by atoms with Crippen LogP contribution >= 0.6 is 0 Å². The summed E-state index contributed by atoms with van der Waals surface area (Å²) >= 11 is 0. The highest BCUT2D eigenvalue weighted by atomic mass is 16.3. The molecule has 0 spiro atoms. The van der Waals surface area contributed by atoms with Crippen LogP contribution in [0.2, 0.25) is 0 Å². The van der Waals surface area contributed by atoms with E-state index in [1.165, 1.54) is 0 Å². The van der Waals surface area contributed by atoms with Crippen molar-refractivity contribution in [2.45, 2.75) is 26.3 Å². The standard InChI is InChI=1S/C9H15NO2/c1-6-3-9(12-7(6)2)4-8(10)5-11/h3,8,11H,4-5,10H2,1-2H3. The molecule has 68 valence electrons. The highest BCUT2D eigenvalue weighted by Gasteiger charge is 2.07. The lowest BCUT2D eigenvalue weighted by molar-refractivity contribution is 0.260. The van der Waals surface area contributed by atoms with Gasteiger partial charge >= 0.3 is 0 Å². The summed E-state index contributed by atoms with van der Waals surface area (Å²) in [7, 11) is 0. The third kappa shape index (κ3) is 2.09. The molecule has 0 fully saturated rings. The molecule has 0 amide bonds. The van der Waals surface area contributed by atoms with Gasteiger partial charge in [-0.25, -0.2) is 0 Å². The van der Waals surface area contributed by atoms with Gasteiger partial charge in [-0.2, -0.15) is 0 Å². The van der Waals surface area contributed by atoms with Crippen LogP contribution in [0.25, 0.3) is 0 Å².